The first-order chi connectivity index (χ1) is 5.86. The van der Waals surface area contributed by atoms with Crippen LogP contribution in [0.1, 0.15) is 5.69 Å². The molecule has 0 amide bonds. The number of hydrogen-bond donors (Lipinski definition) is 1. The van der Waals surface area contributed by atoms with Gasteiger partial charge in [-0.1, -0.05) is 0 Å². The summed E-state index contributed by atoms with van der Waals surface area (Å²) < 4.78 is 0. The molecule has 0 aliphatic heterocycles. The quantitative estimate of drug-likeness (QED) is 0.681. The molecule has 0 spiro atoms. The van der Waals surface area contributed by atoms with Gasteiger partial charge in [-0.25, -0.2) is 4.98 Å². The van der Waals surface area contributed by atoms with Crippen molar-refractivity contribution < 1.29 is 0 Å². The van der Waals surface area contributed by atoms with Gasteiger partial charge in [0.05, 0.1) is 0 Å². The van der Waals surface area contributed by atoms with Crippen LogP contribution in [0.2, 0.25) is 0 Å². The highest BCUT2D eigenvalue weighted by molar-refractivity contribution is 5.53. The van der Waals surface area contributed by atoms with Crippen molar-refractivity contribution in [1.29, 1.82) is 0 Å². The molecule has 0 saturated heterocycles. The van der Waals surface area contributed by atoms with Gasteiger partial charge in [-0.2, -0.15) is 5.10 Å². The predicted molar refractivity (Wildman–Crippen MR) is 44.4 cm³/mol. The molecule has 0 aromatic carbocycles. The molecule has 60 valence electrons. The number of nitrogens with zero attached hydrogens (tertiary/aromatic N) is 3. The van der Waals surface area contributed by atoms with Gasteiger partial charge < -0.3 is 0 Å². The molecule has 2 aromatic rings. The van der Waals surface area contributed by atoms with Crippen molar-refractivity contribution in [3.05, 3.63) is 30.4 Å². The predicted octanol–water partition coefficient (Wildman–Crippen LogP) is 1.18. The molecule has 0 aliphatic carbocycles. The van der Waals surface area contributed by atoms with Crippen LogP contribution in [0.4, 0.5) is 0 Å². The van der Waals surface area contributed by atoms with Gasteiger partial charge in [-0.05, 0) is 19.1 Å². The molecule has 0 bridgehead atoms. The van der Waals surface area contributed by atoms with Crippen LogP contribution in [0.15, 0.2) is 24.7 Å². The molecular weight excluding hydrogens is 152 g/mol. The van der Waals surface area contributed by atoms with Crippen molar-refractivity contribution in [2.24, 2.45) is 0 Å². The Bertz CT molecular complexity index is 366. The molecule has 0 saturated carbocycles. The Labute approximate surface area is 69.7 Å². The highest BCUT2D eigenvalue weighted by Crippen LogP contribution is 2.12. The molecule has 0 radical (unpaired) electrons. The van der Waals surface area contributed by atoms with Crippen molar-refractivity contribution in [3.8, 4) is 11.4 Å². The third kappa shape index (κ3) is 1.18. The standard InChI is InChI=1S/C8H8N4/c1-6-4-7(2-3-9-6)8-10-5-11-12-8/h2-5H,1H3,(H,10,11,12). The van der Waals surface area contributed by atoms with E-state index in [1.165, 1.54) is 6.33 Å². The summed E-state index contributed by atoms with van der Waals surface area (Å²) in [6, 6.07) is 3.86. The van der Waals surface area contributed by atoms with Crippen molar-refractivity contribution in [2.45, 2.75) is 6.92 Å². The maximum Gasteiger partial charge on any atom is 0.155 e. The molecule has 0 unspecified atom stereocenters. The highest BCUT2D eigenvalue weighted by atomic mass is 15.2. The fraction of sp³-hybridized carbons (Fsp3) is 0.125. The molecule has 2 heterocycles. The van der Waals surface area contributed by atoms with Gasteiger partial charge in [0, 0.05) is 17.5 Å². The summed E-state index contributed by atoms with van der Waals surface area (Å²) in [6.07, 6.45) is 3.25. The van der Waals surface area contributed by atoms with Crippen LogP contribution < -0.4 is 0 Å². The summed E-state index contributed by atoms with van der Waals surface area (Å²) in [5.74, 6) is 0.778. The van der Waals surface area contributed by atoms with Crippen molar-refractivity contribution in [1.82, 2.24) is 20.2 Å². The lowest BCUT2D eigenvalue weighted by atomic mass is 10.2. The number of H-pyrrole nitrogens is 1. The third-order valence-electron chi connectivity index (χ3n) is 1.59. The van der Waals surface area contributed by atoms with Crippen LogP contribution in [-0.4, -0.2) is 20.2 Å². The van der Waals surface area contributed by atoms with Gasteiger partial charge in [0.15, 0.2) is 5.82 Å². The summed E-state index contributed by atoms with van der Waals surface area (Å²) in [5.41, 5.74) is 1.99. The minimum Gasteiger partial charge on any atom is -0.262 e. The zero-order chi connectivity index (χ0) is 8.39. The summed E-state index contributed by atoms with van der Waals surface area (Å²) in [5, 5.41) is 6.56. The van der Waals surface area contributed by atoms with Gasteiger partial charge in [0.25, 0.3) is 0 Å². The molecule has 0 aliphatic rings. The number of nitrogens with one attached hydrogen (secondary N) is 1. The van der Waals surface area contributed by atoms with E-state index in [1.54, 1.807) is 6.20 Å². The minimum absolute atomic E-state index is 0.778. The molecular formula is C8H8N4. The lowest BCUT2D eigenvalue weighted by molar-refractivity contribution is 1.09. The maximum absolute atomic E-state index is 4.09. The molecule has 0 atom stereocenters. The van der Waals surface area contributed by atoms with E-state index in [-0.39, 0.29) is 0 Å². The maximum atomic E-state index is 4.09. The fourth-order valence-corrected chi connectivity index (χ4v) is 1.04. The lowest BCUT2D eigenvalue weighted by Gasteiger charge is -1.95. The van der Waals surface area contributed by atoms with Gasteiger partial charge in [-0.15, -0.1) is 0 Å². The highest BCUT2D eigenvalue weighted by Gasteiger charge is 1.99. The van der Waals surface area contributed by atoms with Crippen molar-refractivity contribution in [3.63, 3.8) is 0 Å². The van der Waals surface area contributed by atoms with Crippen LogP contribution in [0.25, 0.3) is 11.4 Å². The molecule has 0 fully saturated rings. The number of aryl methyl sites for hydroxylation is 1. The van der Waals surface area contributed by atoms with E-state index >= 15 is 0 Å². The fourth-order valence-electron chi connectivity index (χ4n) is 1.04. The number of aromatic amines is 1. The first-order valence-corrected chi connectivity index (χ1v) is 3.64. The number of aromatic nitrogens is 4. The van der Waals surface area contributed by atoms with E-state index in [1.807, 2.05) is 19.1 Å². The van der Waals surface area contributed by atoms with E-state index in [2.05, 4.69) is 20.2 Å². The summed E-state index contributed by atoms with van der Waals surface area (Å²) in [7, 11) is 0. The third-order valence-corrected chi connectivity index (χ3v) is 1.59. The molecule has 12 heavy (non-hydrogen) atoms. The van der Waals surface area contributed by atoms with Gasteiger partial charge >= 0.3 is 0 Å². The number of hydrogen-bond acceptors (Lipinski definition) is 3. The Hall–Kier alpha value is -1.71. The molecule has 2 aromatic heterocycles. The van der Waals surface area contributed by atoms with Crippen LogP contribution in [-0.2, 0) is 0 Å². The second-order valence-electron chi connectivity index (χ2n) is 2.52. The van der Waals surface area contributed by atoms with Gasteiger partial charge in [0.2, 0.25) is 0 Å². The van der Waals surface area contributed by atoms with Gasteiger partial charge in [0.1, 0.15) is 6.33 Å². The SMILES string of the molecule is Cc1cc(-c2ncn[nH]2)ccn1. The number of pyridine rings is 1. The van der Waals surface area contributed by atoms with Crippen LogP contribution in [0.3, 0.4) is 0 Å². The molecule has 1 N–H and O–H groups in total. The first kappa shape index (κ1) is 6.97. The number of rotatable bonds is 1. The second-order valence-corrected chi connectivity index (χ2v) is 2.52. The Morgan fingerprint density at radius 2 is 2.25 bits per heavy atom. The monoisotopic (exact) mass is 160 g/mol. The zero-order valence-corrected chi connectivity index (χ0v) is 6.65. The Kier molecular flexibility index (Phi) is 1.59. The van der Waals surface area contributed by atoms with E-state index in [0.29, 0.717) is 0 Å². The van der Waals surface area contributed by atoms with E-state index in [0.717, 1.165) is 17.1 Å². The normalized spacial score (nSPS) is 10.1. The van der Waals surface area contributed by atoms with Crippen LogP contribution in [0, 0.1) is 6.92 Å². The Morgan fingerprint density at radius 1 is 1.33 bits per heavy atom. The topological polar surface area (TPSA) is 54.5 Å². The zero-order valence-electron chi connectivity index (χ0n) is 6.65. The first-order valence-electron chi connectivity index (χ1n) is 3.64. The van der Waals surface area contributed by atoms with Crippen molar-refractivity contribution >= 4 is 0 Å². The van der Waals surface area contributed by atoms with E-state index < -0.39 is 0 Å². The minimum atomic E-state index is 0.778. The van der Waals surface area contributed by atoms with Crippen molar-refractivity contribution in [2.75, 3.05) is 0 Å². The largest absolute Gasteiger partial charge is 0.262 e. The van der Waals surface area contributed by atoms with Gasteiger partial charge in [-0.3, -0.25) is 10.1 Å². The second kappa shape index (κ2) is 2.73. The Balaban J connectivity index is 2.48. The Morgan fingerprint density at radius 3 is 2.92 bits per heavy atom. The van der Waals surface area contributed by atoms with Crippen LogP contribution >= 0.6 is 0 Å². The van der Waals surface area contributed by atoms with E-state index in [9.17, 15) is 0 Å². The molecule has 2 rings (SSSR count). The average Bonchev–Trinajstić information content (AvgIpc) is 2.56. The lowest BCUT2D eigenvalue weighted by Crippen LogP contribution is -1.84. The summed E-state index contributed by atoms with van der Waals surface area (Å²) in [6.45, 7) is 1.94. The molecule has 4 nitrogen and oxygen atoms in total. The smallest absolute Gasteiger partial charge is 0.155 e. The van der Waals surface area contributed by atoms with E-state index in [4.69, 9.17) is 0 Å². The molecule has 4 heteroatoms. The summed E-state index contributed by atoms with van der Waals surface area (Å²) in [4.78, 5) is 8.12. The summed E-state index contributed by atoms with van der Waals surface area (Å²) >= 11 is 0. The average molecular weight is 160 g/mol. The van der Waals surface area contributed by atoms with Crippen LogP contribution in [0.5, 0.6) is 0 Å².